The second-order valence-corrected chi connectivity index (χ2v) is 5.72. The predicted molar refractivity (Wildman–Crippen MR) is 69.3 cm³/mol. The summed E-state index contributed by atoms with van der Waals surface area (Å²) >= 11 is 7.80. The molecule has 1 aromatic heterocycles. The Morgan fingerprint density at radius 2 is 2.19 bits per heavy atom. The van der Waals surface area contributed by atoms with E-state index < -0.39 is 0 Å². The van der Waals surface area contributed by atoms with Crippen molar-refractivity contribution in [2.45, 2.75) is 50.0 Å². The first-order chi connectivity index (χ1) is 7.79. The molecule has 1 aliphatic carbocycles. The third-order valence-corrected chi connectivity index (χ3v) is 3.82. The van der Waals surface area contributed by atoms with E-state index >= 15 is 0 Å². The van der Waals surface area contributed by atoms with Crippen molar-refractivity contribution in [2.24, 2.45) is 0 Å². The molecule has 0 bridgehead atoms. The van der Waals surface area contributed by atoms with Crippen LogP contribution in [0, 0.1) is 0 Å². The highest BCUT2D eigenvalue weighted by atomic mass is 35.5. The van der Waals surface area contributed by atoms with Crippen LogP contribution in [0.15, 0.2) is 11.1 Å². The summed E-state index contributed by atoms with van der Waals surface area (Å²) in [7, 11) is 0. The van der Waals surface area contributed by atoms with Crippen LogP contribution < -0.4 is 0 Å². The predicted octanol–water partition coefficient (Wildman–Crippen LogP) is 4.29. The van der Waals surface area contributed by atoms with Crippen molar-refractivity contribution in [3.63, 3.8) is 0 Å². The highest BCUT2D eigenvalue weighted by Gasteiger charge is 2.27. The molecule has 2 rings (SSSR count). The van der Waals surface area contributed by atoms with Gasteiger partial charge in [0.15, 0.2) is 0 Å². The Hall–Kier alpha value is -0.280. The molecular formula is C12H17ClN2S. The van der Waals surface area contributed by atoms with E-state index in [0.717, 1.165) is 16.6 Å². The lowest BCUT2D eigenvalue weighted by atomic mass is 10.3. The van der Waals surface area contributed by atoms with Gasteiger partial charge >= 0.3 is 0 Å². The van der Waals surface area contributed by atoms with E-state index in [1.807, 2.05) is 6.07 Å². The van der Waals surface area contributed by atoms with Gasteiger partial charge in [-0.1, -0.05) is 31.4 Å². The normalized spacial score (nSPS) is 15.4. The number of thioether (sulfide) groups is 1. The third-order valence-electron chi connectivity index (χ3n) is 2.63. The van der Waals surface area contributed by atoms with Gasteiger partial charge in [0.1, 0.15) is 16.0 Å². The van der Waals surface area contributed by atoms with Crippen LogP contribution in [0.3, 0.4) is 0 Å². The SMILES string of the molecule is CCCCCSc1cc(Cl)nc(C2CC2)n1. The average molecular weight is 257 g/mol. The maximum Gasteiger partial charge on any atom is 0.134 e. The third kappa shape index (κ3) is 3.63. The fourth-order valence-corrected chi connectivity index (χ4v) is 2.71. The van der Waals surface area contributed by atoms with Gasteiger partial charge in [0.05, 0.1) is 0 Å². The van der Waals surface area contributed by atoms with Crippen LogP contribution in [0.2, 0.25) is 5.15 Å². The molecule has 88 valence electrons. The summed E-state index contributed by atoms with van der Waals surface area (Å²) in [6, 6.07) is 1.88. The van der Waals surface area contributed by atoms with E-state index in [1.54, 1.807) is 11.8 Å². The molecule has 16 heavy (non-hydrogen) atoms. The molecular weight excluding hydrogens is 240 g/mol. The molecule has 0 unspecified atom stereocenters. The van der Waals surface area contributed by atoms with Crippen LogP contribution in [-0.2, 0) is 0 Å². The fourth-order valence-electron chi connectivity index (χ4n) is 1.54. The monoisotopic (exact) mass is 256 g/mol. The van der Waals surface area contributed by atoms with Gasteiger partial charge in [0.2, 0.25) is 0 Å². The Balaban J connectivity index is 1.92. The van der Waals surface area contributed by atoms with Gasteiger partial charge in [-0.15, -0.1) is 11.8 Å². The first-order valence-electron chi connectivity index (χ1n) is 5.97. The molecule has 0 N–H and O–H groups in total. The molecule has 4 heteroatoms. The van der Waals surface area contributed by atoms with Crippen LogP contribution in [0.4, 0.5) is 0 Å². The topological polar surface area (TPSA) is 25.8 Å². The maximum absolute atomic E-state index is 6.00. The van der Waals surface area contributed by atoms with Gasteiger partial charge in [-0.3, -0.25) is 0 Å². The number of halogens is 1. The molecule has 1 saturated carbocycles. The molecule has 1 aliphatic rings. The second-order valence-electron chi connectivity index (χ2n) is 4.22. The number of unbranched alkanes of at least 4 members (excludes halogenated alkanes) is 2. The zero-order valence-electron chi connectivity index (χ0n) is 9.58. The lowest BCUT2D eigenvalue weighted by Crippen LogP contribution is -1.95. The lowest BCUT2D eigenvalue weighted by Gasteiger charge is -2.03. The van der Waals surface area contributed by atoms with Gasteiger partial charge in [-0.25, -0.2) is 9.97 Å². The zero-order chi connectivity index (χ0) is 11.4. The van der Waals surface area contributed by atoms with E-state index in [-0.39, 0.29) is 0 Å². The molecule has 1 fully saturated rings. The Labute approximate surface area is 106 Å². The maximum atomic E-state index is 6.00. The minimum absolute atomic E-state index is 0.577. The summed E-state index contributed by atoms with van der Waals surface area (Å²) in [5.41, 5.74) is 0. The molecule has 0 aliphatic heterocycles. The van der Waals surface area contributed by atoms with Gasteiger partial charge in [0.25, 0.3) is 0 Å². The van der Waals surface area contributed by atoms with Crippen molar-refractivity contribution in [1.29, 1.82) is 0 Å². The quantitative estimate of drug-likeness (QED) is 0.431. The largest absolute Gasteiger partial charge is 0.226 e. The fraction of sp³-hybridized carbons (Fsp3) is 0.667. The van der Waals surface area contributed by atoms with Crippen molar-refractivity contribution < 1.29 is 0 Å². The van der Waals surface area contributed by atoms with Gasteiger partial charge < -0.3 is 0 Å². The molecule has 0 amide bonds. The summed E-state index contributed by atoms with van der Waals surface area (Å²) in [6.07, 6.45) is 6.25. The molecule has 0 radical (unpaired) electrons. The molecule has 2 nitrogen and oxygen atoms in total. The number of aromatic nitrogens is 2. The summed E-state index contributed by atoms with van der Waals surface area (Å²) in [4.78, 5) is 8.84. The van der Waals surface area contributed by atoms with Crippen LogP contribution in [0.25, 0.3) is 0 Å². The summed E-state index contributed by atoms with van der Waals surface area (Å²) in [5.74, 6) is 2.66. The highest BCUT2D eigenvalue weighted by Crippen LogP contribution is 2.39. The minimum Gasteiger partial charge on any atom is -0.226 e. The molecule has 0 saturated heterocycles. The molecule has 1 heterocycles. The standard InChI is InChI=1S/C12H17ClN2S/c1-2-3-4-7-16-11-8-10(13)14-12(15-11)9-5-6-9/h8-9H,2-7H2,1H3. The van der Waals surface area contributed by atoms with Crippen molar-refractivity contribution in [3.8, 4) is 0 Å². The zero-order valence-corrected chi connectivity index (χ0v) is 11.2. The van der Waals surface area contributed by atoms with Crippen LogP contribution in [0.5, 0.6) is 0 Å². The number of rotatable bonds is 6. The van der Waals surface area contributed by atoms with E-state index in [0.29, 0.717) is 11.1 Å². The summed E-state index contributed by atoms with van der Waals surface area (Å²) < 4.78 is 0. The lowest BCUT2D eigenvalue weighted by molar-refractivity contribution is 0.777. The molecule has 1 aromatic rings. The number of hydrogen-bond acceptors (Lipinski definition) is 3. The van der Waals surface area contributed by atoms with Crippen LogP contribution in [-0.4, -0.2) is 15.7 Å². The van der Waals surface area contributed by atoms with Gasteiger partial charge in [0, 0.05) is 12.0 Å². The van der Waals surface area contributed by atoms with E-state index in [9.17, 15) is 0 Å². The van der Waals surface area contributed by atoms with Crippen LogP contribution >= 0.6 is 23.4 Å². The Kier molecular flexibility index (Phi) is 4.47. The van der Waals surface area contributed by atoms with E-state index in [4.69, 9.17) is 11.6 Å². The van der Waals surface area contributed by atoms with Gasteiger partial charge in [-0.05, 0) is 25.0 Å². The second kappa shape index (κ2) is 5.87. The highest BCUT2D eigenvalue weighted by molar-refractivity contribution is 7.99. The Bertz CT molecular complexity index is 353. The van der Waals surface area contributed by atoms with E-state index in [2.05, 4.69) is 16.9 Å². The molecule has 0 aromatic carbocycles. The van der Waals surface area contributed by atoms with Crippen molar-refractivity contribution >= 4 is 23.4 Å². The van der Waals surface area contributed by atoms with Crippen molar-refractivity contribution in [3.05, 3.63) is 17.0 Å². The first-order valence-corrected chi connectivity index (χ1v) is 7.33. The van der Waals surface area contributed by atoms with Crippen LogP contribution in [0.1, 0.15) is 50.8 Å². The number of nitrogens with zero attached hydrogens (tertiary/aromatic N) is 2. The Morgan fingerprint density at radius 3 is 2.88 bits per heavy atom. The van der Waals surface area contributed by atoms with Gasteiger partial charge in [-0.2, -0.15) is 0 Å². The smallest absolute Gasteiger partial charge is 0.134 e. The first kappa shape index (κ1) is 12.2. The van der Waals surface area contributed by atoms with E-state index in [1.165, 1.54) is 32.1 Å². The molecule has 0 spiro atoms. The minimum atomic E-state index is 0.577. The average Bonchev–Trinajstić information content (AvgIpc) is 3.07. The van der Waals surface area contributed by atoms with Crippen molar-refractivity contribution in [1.82, 2.24) is 9.97 Å². The molecule has 0 atom stereocenters. The summed E-state index contributed by atoms with van der Waals surface area (Å²) in [6.45, 7) is 2.22. The van der Waals surface area contributed by atoms with Crippen molar-refractivity contribution in [2.75, 3.05) is 5.75 Å². The Morgan fingerprint density at radius 1 is 1.38 bits per heavy atom. The number of hydrogen-bond donors (Lipinski definition) is 0. The summed E-state index contributed by atoms with van der Waals surface area (Å²) in [5, 5.41) is 1.63.